The van der Waals surface area contributed by atoms with Crippen LogP contribution in [0.4, 0.5) is 4.39 Å². The first-order valence-corrected chi connectivity index (χ1v) is 6.43. The van der Waals surface area contributed by atoms with Crippen LogP contribution in [0.15, 0.2) is 24.3 Å². The highest BCUT2D eigenvalue weighted by Crippen LogP contribution is 2.43. The van der Waals surface area contributed by atoms with Gasteiger partial charge in [0.05, 0.1) is 31.7 Å². The molecule has 4 heteroatoms. The molecule has 3 nitrogen and oxygen atoms in total. The first-order valence-electron chi connectivity index (χ1n) is 6.43. The Labute approximate surface area is 112 Å². The number of rotatable bonds is 4. The number of hydrogen-bond acceptors (Lipinski definition) is 3. The summed E-state index contributed by atoms with van der Waals surface area (Å²) in [6, 6.07) is 6.31. The van der Waals surface area contributed by atoms with Gasteiger partial charge in [0, 0.05) is 0 Å². The summed E-state index contributed by atoms with van der Waals surface area (Å²) in [6.07, 6.45) is 0. The molecule has 2 rings (SSSR count). The molecule has 0 amide bonds. The predicted molar refractivity (Wildman–Crippen MR) is 69.2 cm³/mol. The van der Waals surface area contributed by atoms with Crippen molar-refractivity contribution in [2.24, 2.45) is 11.8 Å². The predicted octanol–water partition coefficient (Wildman–Crippen LogP) is 2.54. The summed E-state index contributed by atoms with van der Waals surface area (Å²) in [4.78, 5) is 12.1. The van der Waals surface area contributed by atoms with E-state index in [-0.39, 0.29) is 23.6 Å². The third kappa shape index (κ3) is 2.37. The van der Waals surface area contributed by atoms with Crippen molar-refractivity contribution in [3.05, 3.63) is 35.6 Å². The maximum Gasteiger partial charge on any atom is 0.310 e. The molecule has 1 saturated heterocycles. The van der Waals surface area contributed by atoms with Gasteiger partial charge in [-0.25, -0.2) is 4.39 Å². The van der Waals surface area contributed by atoms with E-state index in [0.29, 0.717) is 13.2 Å². The lowest BCUT2D eigenvalue weighted by Crippen LogP contribution is -2.56. The molecule has 0 aromatic heterocycles. The normalized spacial score (nSPS) is 18.8. The highest BCUT2D eigenvalue weighted by Gasteiger charge is 2.52. The Bertz CT molecular complexity index is 449. The van der Waals surface area contributed by atoms with Crippen molar-refractivity contribution in [2.45, 2.75) is 19.3 Å². The molecule has 0 saturated carbocycles. The van der Waals surface area contributed by atoms with Gasteiger partial charge in [-0.15, -0.1) is 0 Å². The van der Waals surface area contributed by atoms with E-state index < -0.39 is 5.41 Å². The molecule has 0 spiro atoms. The zero-order valence-corrected chi connectivity index (χ0v) is 11.5. The molecule has 0 aliphatic carbocycles. The van der Waals surface area contributed by atoms with Gasteiger partial charge < -0.3 is 9.47 Å². The number of esters is 1. The molecule has 1 aromatic rings. The van der Waals surface area contributed by atoms with Gasteiger partial charge in [0.25, 0.3) is 0 Å². The molecule has 1 aromatic carbocycles. The molecule has 1 fully saturated rings. The Morgan fingerprint density at radius 3 is 2.26 bits per heavy atom. The lowest BCUT2D eigenvalue weighted by Gasteiger charge is -2.47. The largest absolute Gasteiger partial charge is 0.469 e. The number of benzene rings is 1. The molecule has 19 heavy (non-hydrogen) atoms. The summed E-state index contributed by atoms with van der Waals surface area (Å²) in [6.45, 7) is 4.92. The highest BCUT2D eigenvalue weighted by atomic mass is 19.1. The van der Waals surface area contributed by atoms with Crippen molar-refractivity contribution in [2.75, 3.05) is 20.3 Å². The van der Waals surface area contributed by atoms with Crippen molar-refractivity contribution in [3.8, 4) is 0 Å². The van der Waals surface area contributed by atoms with E-state index in [1.54, 1.807) is 12.1 Å². The smallest absolute Gasteiger partial charge is 0.310 e. The molecule has 1 unspecified atom stereocenters. The third-order valence-corrected chi connectivity index (χ3v) is 3.86. The highest BCUT2D eigenvalue weighted by molar-refractivity contribution is 5.75. The van der Waals surface area contributed by atoms with Gasteiger partial charge in [-0.2, -0.15) is 0 Å². The minimum atomic E-state index is -0.394. The van der Waals surface area contributed by atoms with Gasteiger partial charge in [0.15, 0.2) is 0 Å². The van der Waals surface area contributed by atoms with Crippen LogP contribution in [0.1, 0.15) is 19.4 Å². The average molecular weight is 266 g/mol. The molecule has 0 radical (unpaired) electrons. The second kappa shape index (κ2) is 5.29. The fraction of sp³-hybridized carbons (Fsp3) is 0.533. The molecule has 0 bridgehead atoms. The van der Waals surface area contributed by atoms with Crippen LogP contribution in [0, 0.1) is 17.7 Å². The van der Waals surface area contributed by atoms with E-state index in [4.69, 9.17) is 9.47 Å². The van der Waals surface area contributed by atoms with Crippen molar-refractivity contribution < 1.29 is 18.7 Å². The summed E-state index contributed by atoms with van der Waals surface area (Å²) in [5, 5.41) is 0. The fourth-order valence-electron chi connectivity index (χ4n) is 2.89. The summed E-state index contributed by atoms with van der Waals surface area (Å²) in [5.74, 6) is -0.668. The average Bonchev–Trinajstić information content (AvgIpc) is 2.33. The van der Waals surface area contributed by atoms with Gasteiger partial charge in [-0.1, -0.05) is 26.0 Å². The standard InChI is InChI=1S/C15H19FO3/c1-10(2)13(14(17)18-3)15(8-19-9-15)11-4-6-12(16)7-5-11/h4-7,10,13H,8-9H2,1-3H3. The minimum absolute atomic E-state index is 0.126. The molecular formula is C15H19FO3. The fourth-order valence-corrected chi connectivity index (χ4v) is 2.89. The number of halogens is 1. The number of ether oxygens (including phenoxy) is 2. The Morgan fingerprint density at radius 1 is 1.32 bits per heavy atom. The van der Waals surface area contributed by atoms with Crippen molar-refractivity contribution in [1.29, 1.82) is 0 Å². The number of carbonyl (C=O) groups is 1. The minimum Gasteiger partial charge on any atom is -0.469 e. The quantitative estimate of drug-likeness (QED) is 0.786. The molecule has 1 atom stereocenters. The maximum absolute atomic E-state index is 13.1. The first-order chi connectivity index (χ1) is 9.01. The molecular weight excluding hydrogens is 247 g/mol. The SMILES string of the molecule is COC(=O)C(C(C)C)C1(c2ccc(F)cc2)COC1. The van der Waals surface area contributed by atoms with Gasteiger partial charge in [-0.3, -0.25) is 4.79 Å². The Kier molecular flexibility index (Phi) is 3.90. The Balaban J connectivity index is 2.40. The Hall–Kier alpha value is -1.42. The van der Waals surface area contributed by atoms with E-state index in [1.165, 1.54) is 19.2 Å². The van der Waals surface area contributed by atoms with Crippen LogP contribution in [0.2, 0.25) is 0 Å². The van der Waals surface area contributed by atoms with Crippen LogP contribution in [0.25, 0.3) is 0 Å². The van der Waals surface area contributed by atoms with Crippen molar-refractivity contribution >= 4 is 5.97 Å². The molecule has 1 aliphatic rings. The maximum atomic E-state index is 13.1. The van der Waals surface area contributed by atoms with Crippen LogP contribution >= 0.6 is 0 Å². The van der Waals surface area contributed by atoms with Crippen LogP contribution in [-0.2, 0) is 19.7 Å². The van der Waals surface area contributed by atoms with E-state index in [2.05, 4.69) is 0 Å². The molecule has 1 aliphatic heterocycles. The topological polar surface area (TPSA) is 35.5 Å². The van der Waals surface area contributed by atoms with E-state index in [0.717, 1.165) is 5.56 Å². The summed E-state index contributed by atoms with van der Waals surface area (Å²) >= 11 is 0. The van der Waals surface area contributed by atoms with Crippen molar-refractivity contribution in [3.63, 3.8) is 0 Å². The van der Waals surface area contributed by atoms with Gasteiger partial charge >= 0.3 is 5.97 Å². The van der Waals surface area contributed by atoms with Gasteiger partial charge in [0.1, 0.15) is 5.82 Å². The lowest BCUT2D eigenvalue weighted by atomic mass is 9.64. The van der Waals surface area contributed by atoms with Crippen LogP contribution in [0.3, 0.4) is 0 Å². The second-order valence-electron chi connectivity index (χ2n) is 5.40. The van der Waals surface area contributed by atoms with Gasteiger partial charge in [-0.05, 0) is 23.6 Å². The number of methoxy groups -OCH3 is 1. The Morgan fingerprint density at radius 2 is 1.89 bits per heavy atom. The van der Waals surface area contributed by atoms with E-state index in [9.17, 15) is 9.18 Å². The van der Waals surface area contributed by atoms with Crippen LogP contribution in [0.5, 0.6) is 0 Å². The summed E-state index contributed by atoms with van der Waals surface area (Å²) < 4.78 is 23.3. The van der Waals surface area contributed by atoms with E-state index >= 15 is 0 Å². The zero-order valence-electron chi connectivity index (χ0n) is 11.5. The van der Waals surface area contributed by atoms with E-state index in [1.807, 2.05) is 13.8 Å². The molecule has 104 valence electrons. The van der Waals surface area contributed by atoms with Gasteiger partial charge in [0.2, 0.25) is 0 Å². The molecule has 0 N–H and O–H groups in total. The van der Waals surface area contributed by atoms with Crippen LogP contribution in [-0.4, -0.2) is 26.3 Å². The lowest BCUT2D eigenvalue weighted by molar-refractivity contribution is -0.164. The third-order valence-electron chi connectivity index (χ3n) is 3.86. The number of hydrogen-bond donors (Lipinski definition) is 0. The zero-order chi connectivity index (χ0) is 14.0. The molecule has 1 heterocycles. The summed E-state index contributed by atoms with van der Waals surface area (Å²) in [5.41, 5.74) is 0.541. The first kappa shape index (κ1) is 14.0. The monoisotopic (exact) mass is 266 g/mol. The van der Waals surface area contributed by atoms with Crippen molar-refractivity contribution in [1.82, 2.24) is 0 Å². The summed E-state index contributed by atoms with van der Waals surface area (Å²) in [7, 11) is 1.40. The van der Waals surface area contributed by atoms with Crippen LogP contribution < -0.4 is 0 Å². The number of carbonyl (C=O) groups excluding carboxylic acids is 1. The second-order valence-corrected chi connectivity index (χ2v) is 5.40.